The molecule has 0 bridgehead atoms. The minimum Gasteiger partial charge on any atom is -0.322 e. The number of nitrogens with zero attached hydrogens (tertiary/aromatic N) is 1. The Labute approximate surface area is 170 Å². The van der Waals surface area contributed by atoms with Gasteiger partial charge >= 0.3 is 0 Å². The van der Waals surface area contributed by atoms with Crippen LogP contribution in [0.25, 0.3) is 10.8 Å². The van der Waals surface area contributed by atoms with Gasteiger partial charge in [-0.25, -0.2) is 8.42 Å². The first-order valence-corrected chi connectivity index (χ1v) is 10.8. The zero-order valence-electron chi connectivity index (χ0n) is 15.6. The number of rotatable bonds is 6. The Morgan fingerprint density at radius 1 is 0.964 bits per heavy atom. The number of halogens is 1. The van der Waals surface area contributed by atoms with E-state index in [1.165, 1.54) is 22.5 Å². The minimum atomic E-state index is -3.77. The second-order valence-electron chi connectivity index (χ2n) is 6.25. The van der Waals surface area contributed by atoms with E-state index in [2.05, 4.69) is 5.32 Å². The molecule has 3 aromatic rings. The molecule has 0 unspecified atom stereocenters. The lowest BCUT2D eigenvalue weighted by atomic mass is 10.1. The van der Waals surface area contributed by atoms with Gasteiger partial charge in [-0.15, -0.1) is 0 Å². The van der Waals surface area contributed by atoms with Crippen LogP contribution in [0.1, 0.15) is 24.2 Å². The van der Waals surface area contributed by atoms with Gasteiger partial charge in [0.25, 0.3) is 5.91 Å². The highest BCUT2D eigenvalue weighted by atomic mass is 35.5. The number of carbonyl (C=O) groups excluding carboxylic acids is 1. The number of carbonyl (C=O) groups is 1. The van der Waals surface area contributed by atoms with E-state index in [-0.39, 0.29) is 15.5 Å². The maximum absolute atomic E-state index is 12.8. The number of fused-ring (bicyclic) bond motifs is 1. The summed E-state index contributed by atoms with van der Waals surface area (Å²) in [5, 5.41) is 4.98. The fourth-order valence-corrected chi connectivity index (χ4v) is 4.97. The molecule has 5 nitrogen and oxygen atoms in total. The summed E-state index contributed by atoms with van der Waals surface area (Å²) in [7, 11) is -3.77. The molecule has 0 aromatic heterocycles. The normalized spacial score (nSPS) is 11.7. The molecule has 0 aliphatic heterocycles. The maximum Gasteiger partial charge on any atom is 0.255 e. The van der Waals surface area contributed by atoms with Crippen molar-refractivity contribution in [2.75, 3.05) is 18.4 Å². The molecule has 0 saturated heterocycles. The Hall–Kier alpha value is -2.41. The van der Waals surface area contributed by atoms with Gasteiger partial charge in [0.1, 0.15) is 4.90 Å². The topological polar surface area (TPSA) is 66.5 Å². The number of nitrogens with one attached hydrogen (secondary N) is 1. The molecule has 28 heavy (non-hydrogen) atoms. The highest BCUT2D eigenvalue weighted by Gasteiger charge is 2.25. The largest absolute Gasteiger partial charge is 0.322 e. The molecule has 7 heteroatoms. The monoisotopic (exact) mass is 416 g/mol. The maximum atomic E-state index is 12.8. The first-order chi connectivity index (χ1) is 13.4. The van der Waals surface area contributed by atoms with Crippen molar-refractivity contribution in [2.24, 2.45) is 0 Å². The van der Waals surface area contributed by atoms with E-state index in [1.807, 2.05) is 42.5 Å². The fraction of sp³-hybridized carbons (Fsp3) is 0.190. The van der Waals surface area contributed by atoms with Crippen LogP contribution in [0.4, 0.5) is 5.69 Å². The molecule has 1 N–H and O–H groups in total. The van der Waals surface area contributed by atoms with Crippen molar-refractivity contribution in [3.05, 3.63) is 71.2 Å². The highest BCUT2D eigenvalue weighted by molar-refractivity contribution is 7.89. The number of amides is 1. The van der Waals surface area contributed by atoms with Crippen molar-refractivity contribution < 1.29 is 13.2 Å². The van der Waals surface area contributed by atoms with Gasteiger partial charge < -0.3 is 5.32 Å². The van der Waals surface area contributed by atoms with Gasteiger partial charge in [-0.05, 0) is 41.1 Å². The van der Waals surface area contributed by atoms with Crippen molar-refractivity contribution in [3.63, 3.8) is 0 Å². The van der Waals surface area contributed by atoms with Gasteiger partial charge in [-0.2, -0.15) is 4.31 Å². The molecule has 0 atom stereocenters. The molecule has 0 aliphatic rings. The van der Waals surface area contributed by atoms with Crippen molar-refractivity contribution >= 4 is 44.0 Å². The molecule has 0 fully saturated rings. The molecular weight excluding hydrogens is 396 g/mol. The van der Waals surface area contributed by atoms with Crippen molar-refractivity contribution in [1.29, 1.82) is 0 Å². The predicted molar refractivity (Wildman–Crippen MR) is 113 cm³/mol. The van der Waals surface area contributed by atoms with Gasteiger partial charge in [0.15, 0.2) is 0 Å². The fourth-order valence-electron chi connectivity index (χ4n) is 3.02. The van der Waals surface area contributed by atoms with Crippen LogP contribution in [-0.4, -0.2) is 31.7 Å². The second kappa shape index (κ2) is 8.31. The molecular formula is C21H21ClN2O3S. The van der Waals surface area contributed by atoms with Gasteiger partial charge in [0.05, 0.1) is 5.02 Å². The van der Waals surface area contributed by atoms with E-state index < -0.39 is 15.9 Å². The number of benzene rings is 3. The summed E-state index contributed by atoms with van der Waals surface area (Å²) in [6.45, 7) is 4.15. The smallest absolute Gasteiger partial charge is 0.255 e. The van der Waals surface area contributed by atoms with Crippen LogP contribution >= 0.6 is 11.6 Å². The minimum absolute atomic E-state index is 0.0657. The zero-order chi connectivity index (χ0) is 20.3. The molecule has 0 aliphatic carbocycles. The predicted octanol–water partition coefficient (Wildman–Crippen LogP) is 4.78. The van der Waals surface area contributed by atoms with Crippen LogP contribution in [-0.2, 0) is 10.0 Å². The number of hydrogen-bond donors (Lipinski definition) is 1. The summed E-state index contributed by atoms with van der Waals surface area (Å²) < 4.78 is 26.9. The molecule has 1 amide bonds. The molecule has 0 radical (unpaired) electrons. The van der Waals surface area contributed by atoms with Gasteiger partial charge in [0.2, 0.25) is 10.0 Å². The van der Waals surface area contributed by atoms with Gasteiger partial charge in [-0.3, -0.25) is 4.79 Å². The lowest BCUT2D eigenvalue weighted by Crippen LogP contribution is -2.31. The quantitative estimate of drug-likeness (QED) is 0.629. The van der Waals surface area contributed by atoms with Crippen LogP contribution in [0.5, 0.6) is 0 Å². The lowest BCUT2D eigenvalue weighted by Gasteiger charge is -2.19. The van der Waals surface area contributed by atoms with E-state index in [0.29, 0.717) is 18.8 Å². The van der Waals surface area contributed by atoms with E-state index in [1.54, 1.807) is 13.8 Å². The van der Waals surface area contributed by atoms with E-state index in [0.717, 1.165) is 10.8 Å². The molecule has 0 heterocycles. The number of sulfonamides is 1. The summed E-state index contributed by atoms with van der Waals surface area (Å²) in [6.07, 6.45) is 0. The summed E-state index contributed by atoms with van der Waals surface area (Å²) >= 11 is 6.13. The van der Waals surface area contributed by atoms with E-state index in [9.17, 15) is 13.2 Å². The lowest BCUT2D eigenvalue weighted by molar-refractivity contribution is 0.102. The third-order valence-corrected chi connectivity index (χ3v) is 7.06. The van der Waals surface area contributed by atoms with Gasteiger partial charge in [-0.1, -0.05) is 55.8 Å². The van der Waals surface area contributed by atoms with Crippen LogP contribution in [0.15, 0.2) is 65.6 Å². The van der Waals surface area contributed by atoms with Crippen LogP contribution in [0.3, 0.4) is 0 Å². The van der Waals surface area contributed by atoms with Crippen LogP contribution in [0, 0.1) is 0 Å². The van der Waals surface area contributed by atoms with Gasteiger partial charge in [0, 0.05) is 24.3 Å². The molecule has 146 valence electrons. The Bertz CT molecular complexity index is 1130. The molecule has 0 spiro atoms. The number of hydrogen-bond acceptors (Lipinski definition) is 3. The SMILES string of the molecule is CCN(CC)S(=O)(=O)c1cc(C(=O)Nc2ccc3ccccc3c2)ccc1Cl. The standard InChI is InChI=1S/C21H21ClN2O3S/c1-3-24(4-2)28(26,27)20-14-17(10-12-19(20)22)21(25)23-18-11-9-15-7-5-6-8-16(15)13-18/h5-14H,3-4H2,1-2H3,(H,23,25). The van der Waals surface area contributed by atoms with Crippen molar-refractivity contribution in [1.82, 2.24) is 4.31 Å². The summed E-state index contributed by atoms with van der Waals surface area (Å²) in [4.78, 5) is 12.6. The summed E-state index contributed by atoms with van der Waals surface area (Å²) in [5.41, 5.74) is 0.857. The van der Waals surface area contributed by atoms with E-state index in [4.69, 9.17) is 11.6 Å². The number of anilines is 1. The first kappa shape index (κ1) is 20.3. The van der Waals surface area contributed by atoms with E-state index >= 15 is 0 Å². The highest BCUT2D eigenvalue weighted by Crippen LogP contribution is 2.26. The third kappa shape index (κ3) is 4.04. The average molecular weight is 417 g/mol. The first-order valence-electron chi connectivity index (χ1n) is 8.96. The van der Waals surface area contributed by atoms with Crippen molar-refractivity contribution in [2.45, 2.75) is 18.7 Å². The Balaban J connectivity index is 1.91. The summed E-state index contributed by atoms with van der Waals surface area (Å²) in [5.74, 6) is -0.400. The Morgan fingerprint density at radius 2 is 1.64 bits per heavy atom. The summed E-state index contributed by atoms with van der Waals surface area (Å²) in [6, 6.07) is 17.7. The van der Waals surface area contributed by atoms with Crippen LogP contribution in [0.2, 0.25) is 5.02 Å². The molecule has 0 saturated carbocycles. The molecule has 3 rings (SSSR count). The Morgan fingerprint density at radius 3 is 2.32 bits per heavy atom. The average Bonchev–Trinajstić information content (AvgIpc) is 2.68. The van der Waals surface area contributed by atoms with Crippen molar-refractivity contribution in [3.8, 4) is 0 Å². The third-order valence-electron chi connectivity index (χ3n) is 4.52. The zero-order valence-corrected chi connectivity index (χ0v) is 17.2. The Kier molecular flexibility index (Phi) is 6.03. The second-order valence-corrected chi connectivity index (χ2v) is 8.56. The van der Waals surface area contributed by atoms with Crippen LogP contribution < -0.4 is 5.32 Å². The molecule has 3 aromatic carbocycles.